The molecule has 1 aromatic rings. The number of carbonyl (C=O) groups is 4. The first-order valence-electron chi connectivity index (χ1n) is 17.5. The Kier molecular flexibility index (Phi) is 9.62. The molecule has 5 rings (SSSR count). The quantitative estimate of drug-likeness (QED) is 0.183. The summed E-state index contributed by atoms with van der Waals surface area (Å²) in [6, 6.07) is 8.50. The van der Waals surface area contributed by atoms with E-state index in [0.29, 0.717) is 11.1 Å². The number of allylic oxidation sites excluding steroid dienone is 1. The van der Waals surface area contributed by atoms with Crippen LogP contribution in [0.1, 0.15) is 79.1 Å². The number of benzene rings is 1. The van der Waals surface area contributed by atoms with E-state index in [0.717, 1.165) is 0 Å². The predicted octanol–water partition coefficient (Wildman–Crippen LogP) is 4.45. The lowest BCUT2D eigenvalue weighted by atomic mass is 9.58. The minimum atomic E-state index is -2.37. The van der Waals surface area contributed by atoms with Crippen LogP contribution in [0.15, 0.2) is 53.6 Å². The summed E-state index contributed by atoms with van der Waals surface area (Å²) in [6.45, 7) is 15.4. The number of ether oxygens (including phenoxy) is 3. The molecule has 0 aliphatic heterocycles. The summed E-state index contributed by atoms with van der Waals surface area (Å²) in [6.07, 6.45) is 0.0207. The molecular formula is C39H52O10. The topological polar surface area (TPSA) is 157 Å². The van der Waals surface area contributed by atoms with Crippen molar-refractivity contribution in [1.29, 1.82) is 0 Å². The van der Waals surface area contributed by atoms with Crippen LogP contribution in [-0.4, -0.2) is 75.6 Å². The highest BCUT2D eigenvalue weighted by molar-refractivity contribution is 5.96. The Morgan fingerprint density at radius 1 is 0.980 bits per heavy atom. The Labute approximate surface area is 288 Å². The van der Waals surface area contributed by atoms with E-state index in [1.54, 1.807) is 64.1 Å². The number of esters is 3. The Balaban J connectivity index is 1.64. The molecule has 4 aliphatic carbocycles. The van der Waals surface area contributed by atoms with Crippen LogP contribution in [0.25, 0.3) is 0 Å². The van der Waals surface area contributed by atoms with E-state index in [4.69, 9.17) is 14.2 Å². The van der Waals surface area contributed by atoms with Crippen LogP contribution in [0.4, 0.5) is 0 Å². The molecule has 10 heteroatoms. The number of rotatable bonds is 10. The van der Waals surface area contributed by atoms with E-state index in [-0.39, 0.29) is 30.4 Å². The van der Waals surface area contributed by atoms with Gasteiger partial charge in [-0.1, -0.05) is 85.7 Å². The monoisotopic (exact) mass is 680 g/mol. The Hall–Kier alpha value is -3.34. The molecule has 2 fully saturated rings. The molecule has 0 saturated heterocycles. The minimum Gasteiger partial charge on any atom is -0.461 e. The number of aliphatic hydroxyl groups is 3. The summed E-state index contributed by atoms with van der Waals surface area (Å²) < 4.78 is 18.3. The standard InChI is InChI=1S/C39H52O10/c1-20(2)24(7)33(43)48-32-22(5)16-37-23(6)17-38(49-34(44)25(8)21(3)4)29(28(31(37)42)15-27(18-40)30(41)39(32,37)46)36(38,9)19-47-35(45)26-13-11-10-12-14-26/h10-16,20-21,23-25,28-30,32,40-41,46H,17-19H2,1-9H3/t23-,24?,25?,28+,29-,30-,32+,36+,37+,38-,39+/m1/s1. The molecule has 0 radical (unpaired) electrons. The number of ketones is 1. The Morgan fingerprint density at radius 2 is 1.57 bits per heavy atom. The smallest absolute Gasteiger partial charge is 0.338 e. The number of carbonyl (C=O) groups excluding carboxylic acids is 4. The molecule has 10 nitrogen and oxygen atoms in total. The molecule has 2 unspecified atom stereocenters. The van der Waals surface area contributed by atoms with Crippen molar-refractivity contribution in [2.24, 2.45) is 52.3 Å². The number of aliphatic hydroxyl groups excluding tert-OH is 2. The van der Waals surface area contributed by atoms with Crippen LogP contribution < -0.4 is 0 Å². The van der Waals surface area contributed by atoms with Crippen LogP contribution in [0.3, 0.4) is 0 Å². The first kappa shape index (κ1) is 36.9. The molecule has 4 aliphatic rings. The molecule has 0 amide bonds. The second kappa shape index (κ2) is 12.8. The molecule has 3 N–H and O–H groups in total. The van der Waals surface area contributed by atoms with Gasteiger partial charge in [-0.25, -0.2) is 4.79 Å². The lowest BCUT2D eigenvalue weighted by Crippen LogP contribution is -2.66. The summed E-state index contributed by atoms with van der Waals surface area (Å²) in [4.78, 5) is 55.4. The van der Waals surface area contributed by atoms with Gasteiger partial charge in [0.15, 0.2) is 17.5 Å². The summed E-state index contributed by atoms with van der Waals surface area (Å²) in [7, 11) is 0. The summed E-state index contributed by atoms with van der Waals surface area (Å²) >= 11 is 0. The fourth-order valence-electron chi connectivity index (χ4n) is 8.83. The molecular weight excluding hydrogens is 628 g/mol. The van der Waals surface area contributed by atoms with Crippen molar-refractivity contribution >= 4 is 23.7 Å². The lowest BCUT2D eigenvalue weighted by Gasteiger charge is -2.49. The number of hydrogen-bond acceptors (Lipinski definition) is 10. The molecule has 1 spiro atoms. The maximum atomic E-state index is 15.2. The second-order valence-corrected chi connectivity index (χ2v) is 15.9. The van der Waals surface area contributed by atoms with Crippen molar-refractivity contribution in [2.75, 3.05) is 13.2 Å². The zero-order valence-corrected chi connectivity index (χ0v) is 30.1. The molecule has 11 atom stereocenters. The molecule has 0 aromatic heterocycles. The van der Waals surface area contributed by atoms with Gasteiger partial charge in [-0.2, -0.15) is 0 Å². The molecule has 2 saturated carbocycles. The highest BCUT2D eigenvalue weighted by Crippen LogP contribution is 2.75. The third-order valence-electron chi connectivity index (χ3n) is 12.6. The van der Waals surface area contributed by atoms with Gasteiger partial charge >= 0.3 is 17.9 Å². The van der Waals surface area contributed by atoms with Crippen LogP contribution >= 0.6 is 0 Å². The maximum Gasteiger partial charge on any atom is 0.338 e. The summed E-state index contributed by atoms with van der Waals surface area (Å²) in [5, 5.41) is 35.4. The first-order valence-corrected chi connectivity index (χ1v) is 17.5. The van der Waals surface area contributed by atoms with E-state index >= 15 is 4.79 Å². The lowest BCUT2D eigenvalue weighted by molar-refractivity contribution is -0.207. The van der Waals surface area contributed by atoms with Gasteiger partial charge in [0, 0.05) is 17.3 Å². The Morgan fingerprint density at radius 3 is 2.14 bits per heavy atom. The first-order chi connectivity index (χ1) is 22.8. The minimum absolute atomic E-state index is 0.0100. The molecule has 0 heterocycles. The molecule has 1 aromatic carbocycles. The number of fused-ring (bicyclic) bond motifs is 3. The fraction of sp³-hybridized carbons (Fsp3) is 0.641. The van der Waals surface area contributed by atoms with Crippen LogP contribution in [0, 0.1) is 52.3 Å². The van der Waals surface area contributed by atoms with Crippen molar-refractivity contribution in [3.63, 3.8) is 0 Å². The van der Waals surface area contributed by atoms with Crippen LogP contribution in [0.2, 0.25) is 0 Å². The summed E-state index contributed by atoms with van der Waals surface area (Å²) in [5.74, 6) is -5.74. The van der Waals surface area contributed by atoms with Gasteiger partial charge in [-0.3, -0.25) is 14.4 Å². The van der Waals surface area contributed by atoms with Crippen molar-refractivity contribution in [2.45, 2.75) is 92.1 Å². The Bertz CT molecular complexity index is 1560. The van der Waals surface area contributed by atoms with Gasteiger partial charge in [-0.05, 0) is 54.4 Å². The van der Waals surface area contributed by atoms with Crippen molar-refractivity contribution in [1.82, 2.24) is 0 Å². The maximum absolute atomic E-state index is 15.2. The summed E-state index contributed by atoms with van der Waals surface area (Å²) in [5.41, 5.74) is -5.76. The van der Waals surface area contributed by atoms with Crippen molar-refractivity contribution in [3.05, 3.63) is 59.2 Å². The highest BCUT2D eigenvalue weighted by Gasteiger charge is 2.85. The zero-order chi connectivity index (χ0) is 36.4. The van der Waals surface area contributed by atoms with Crippen LogP contribution in [-0.2, 0) is 28.6 Å². The molecule has 2 bridgehead atoms. The van der Waals surface area contributed by atoms with Gasteiger partial charge in [0.1, 0.15) is 18.3 Å². The van der Waals surface area contributed by atoms with Gasteiger partial charge in [0.05, 0.1) is 29.4 Å². The van der Waals surface area contributed by atoms with E-state index in [2.05, 4.69) is 0 Å². The van der Waals surface area contributed by atoms with Gasteiger partial charge < -0.3 is 29.5 Å². The van der Waals surface area contributed by atoms with Crippen LogP contribution in [0.5, 0.6) is 0 Å². The highest BCUT2D eigenvalue weighted by atomic mass is 16.6. The normalized spacial score (nSPS) is 37.5. The number of Topliss-reactive ketones (excluding diaryl/α,β-unsaturated/α-hetero) is 1. The van der Waals surface area contributed by atoms with Crippen molar-refractivity contribution in [3.8, 4) is 0 Å². The third-order valence-corrected chi connectivity index (χ3v) is 12.6. The molecule has 49 heavy (non-hydrogen) atoms. The average molecular weight is 681 g/mol. The van der Waals surface area contributed by atoms with Crippen molar-refractivity contribution < 1.29 is 48.7 Å². The third kappa shape index (κ3) is 5.31. The van der Waals surface area contributed by atoms with Gasteiger partial charge in [-0.15, -0.1) is 0 Å². The van der Waals surface area contributed by atoms with E-state index < -0.39 is 94.1 Å². The average Bonchev–Trinajstić information content (AvgIpc) is 3.50. The fourth-order valence-corrected chi connectivity index (χ4v) is 8.83. The number of hydrogen-bond donors (Lipinski definition) is 3. The second-order valence-electron chi connectivity index (χ2n) is 15.9. The zero-order valence-electron chi connectivity index (χ0n) is 30.1. The largest absolute Gasteiger partial charge is 0.461 e. The van der Waals surface area contributed by atoms with Gasteiger partial charge in [0.2, 0.25) is 0 Å². The van der Waals surface area contributed by atoms with E-state index in [1.165, 1.54) is 6.08 Å². The van der Waals surface area contributed by atoms with Gasteiger partial charge in [0.25, 0.3) is 0 Å². The van der Waals surface area contributed by atoms with E-state index in [1.807, 2.05) is 34.6 Å². The predicted molar refractivity (Wildman–Crippen MR) is 180 cm³/mol. The van der Waals surface area contributed by atoms with E-state index in [9.17, 15) is 29.7 Å². The molecule has 268 valence electrons. The SMILES string of the molecule is CC1=C[C@]23C(=O)[C@@H](C=C(CO)[C@@H](O)[C@]2(O)[C@H]1OC(=O)C(C)C(C)C)[C@@H]1[C@](C)(COC(=O)c2ccccc2)[C@@]1(OC(=O)C(C)C(C)C)C[C@H]3C.